The van der Waals surface area contributed by atoms with E-state index in [4.69, 9.17) is 11.6 Å². The first-order valence-electron chi connectivity index (χ1n) is 4.92. The first-order chi connectivity index (χ1) is 7.35. The van der Waals surface area contributed by atoms with Crippen molar-refractivity contribution >= 4 is 21.6 Å². The molecule has 1 heterocycles. The molecule has 1 aromatic rings. The number of pyridine rings is 1. The molecule has 4 nitrogen and oxygen atoms in total. The molecule has 16 heavy (non-hydrogen) atoms. The molecule has 1 rings (SSSR count). The fourth-order valence-electron chi connectivity index (χ4n) is 1.34. The number of nitrogens with zero attached hydrogens (tertiary/aromatic N) is 2. The van der Waals surface area contributed by atoms with Crippen LogP contribution in [0.1, 0.15) is 13.8 Å². The summed E-state index contributed by atoms with van der Waals surface area (Å²) in [6.07, 6.45) is 1.46. The van der Waals surface area contributed by atoms with Crippen molar-refractivity contribution in [1.82, 2.24) is 9.29 Å². The summed E-state index contributed by atoms with van der Waals surface area (Å²) >= 11 is 5.77. The zero-order chi connectivity index (χ0) is 12.3. The molecule has 1 aromatic heterocycles. The van der Waals surface area contributed by atoms with Gasteiger partial charge < -0.3 is 0 Å². The van der Waals surface area contributed by atoms with Gasteiger partial charge >= 0.3 is 0 Å². The Hall–Kier alpha value is -0.650. The van der Waals surface area contributed by atoms with E-state index in [1.807, 2.05) is 13.8 Å². The molecule has 0 saturated heterocycles. The van der Waals surface area contributed by atoms with Gasteiger partial charge in [0.2, 0.25) is 10.0 Å². The lowest BCUT2D eigenvalue weighted by Gasteiger charge is -2.19. The smallest absolute Gasteiger partial charge is 0.243 e. The molecule has 0 spiro atoms. The fraction of sp³-hybridized carbons (Fsp3) is 0.500. The highest BCUT2D eigenvalue weighted by atomic mass is 35.5. The lowest BCUT2D eigenvalue weighted by molar-refractivity contribution is 0.417. The van der Waals surface area contributed by atoms with Crippen LogP contribution >= 0.6 is 11.6 Å². The maximum atomic E-state index is 12.1. The van der Waals surface area contributed by atoms with Crippen molar-refractivity contribution in [2.24, 2.45) is 5.92 Å². The highest BCUT2D eigenvalue weighted by molar-refractivity contribution is 7.89. The number of rotatable bonds is 4. The minimum atomic E-state index is -3.53. The number of halogens is 1. The summed E-state index contributed by atoms with van der Waals surface area (Å²) in [6.45, 7) is 4.36. The van der Waals surface area contributed by atoms with Crippen LogP contribution in [0.4, 0.5) is 0 Å². The molecule has 90 valence electrons. The average Bonchev–Trinajstić information content (AvgIpc) is 2.16. The highest BCUT2D eigenvalue weighted by Gasteiger charge is 2.24. The van der Waals surface area contributed by atoms with Crippen LogP contribution in [0.2, 0.25) is 5.15 Å². The van der Waals surface area contributed by atoms with E-state index in [0.29, 0.717) is 6.54 Å². The first kappa shape index (κ1) is 13.4. The lowest BCUT2D eigenvalue weighted by atomic mass is 10.2. The maximum Gasteiger partial charge on any atom is 0.245 e. The van der Waals surface area contributed by atoms with Crippen molar-refractivity contribution in [3.8, 4) is 0 Å². The van der Waals surface area contributed by atoms with E-state index < -0.39 is 10.0 Å². The van der Waals surface area contributed by atoms with Gasteiger partial charge in [-0.3, -0.25) is 0 Å². The van der Waals surface area contributed by atoms with E-state index in [-0.39, 0.29) is 16.0 Å². The van der Waals surface area contributed by atoms with Gasteiger partial charge in [-0.1, -0.05) is 25.4 Å². The van der Waals surface area contributed by atoms with Crippen molar-refractivity contribution in [2.45, 2.75) is 18.7 Å². The minimum Gasteiger partial charge on any atom is -0.243 e. The third-order valence-electron chi connectivity index (χ3n) is 2.04. The van der Waals surface area contributed by atoms with Crippen LogP contribution in [-0.4, -0.2) is 31.3 Å². The zero-order valence-corrected chi connectivity index (χ0v) is 11.1. The Bertz CT molecular complexity index is 460. The monoisotopic (exact) mass is 262 g/mol. The SMILES string of the molecule is CC(C)CN(C)S(=O)(=O)c1cccnc1Cl. The lowest BCUT2D eigenvalue weighted by Crippen LogP contribution is -2.30. The topological polar surface area (TPSA) is 50.3 Å². The Kier molecular flexibility index (Phi) is 4.29. The summed E-state index contributed by atoms with van der Waals surface area (Å²) in [5.74, 6) is 0.259. The van der Waals surface area contributed by atoms with Gasteiger partial charge in [-0.15, -0.1) is 0 Å². The summed E-state index contributed by atoms with van der Waals surface area (Å²) in [5, 5.41) is 0.0121. The molecule has 0 saturated carbocycles. The molecule has 0 bridgehead atoms. The number of aromatic nitrogens is 1. The Labute approximate surface area is 101 Å². The quantitative estimate of drug-likeness (QED) is 0.780. The van der Waals surface area contributed by atoms with Gasteiger partial charge in [0, 0.05) is 19.8 Å². The molecule has 0 amide bonds. The third-order valence-corrected chi connectivity index (χ3v) is 4.30. The second-order valence-electron chi connectivity index (χ2n) is 3.97. The number of hydrogen-bond donors (Lipinski definition) is 0. The zero-order valence-electron chi connectivity index (χ0n) is 9.51. The molecule has 0 aromatic carbocycles. The fourth-order valence-corrected chi connectivity index (χ4v) is 3.10. The van der Waals surface area contributed by atoms with Crippen LogP contribution in [0.3, 0.4) is 0 Å². The van der Waals surface area contributed by atoms with Crippen LogP contribution in [-0.2, 0) is 10.0 Å². The van der Waals surface area contributed by atoms with E-state index in [1.165, 1.54) is 16.6 Å². The highest BCUT2D eigenvalue weighted by Crippen LogP contribution is 2.21. The Balaban J connectivity index is 3.08. The molecule has 0 atom stereocenters. The van der Waals surface area contributed by atoms with Crippen molar-refractivity contribution in [1.29, 1.82) is 0 Å². The summed E-state index contributed by atoms with van der Waals surface area (Å²) in [6, 6.07) is 3.02. The maximum absolute atomic E-state index is 12.1. The van der Waals surface area contributed by atoms with E-state index in [2.05, 4.69) is 4.98 Å². The standard InChI is InChI=1S/C10H15ClN2O2S/c1-8(2)7-13(3)16(14,15)9-5-4-6-12-10(9)11/h4-6,8H,7H2,1-3H3. The molecule has 0 fully saturated rings. The second-order valence-corrected chi connectivity index (χ2v) is 6.34. The summed E-state index contributed by atoms with van der Waals surface area (Å²) in [4.78, 5) is 3.82. The number of sulfonamides is 1. The molecular weight excluding hydrogens is 248 g/mol. The molecular formula is C10H15ClN2O2S. The van der Waals surface area contributed by atoms with Crippen molar-refractivity contribution in [3.63, 3.8) is 0 Å². The van der Waals surface area contributed by atoms with Crippen molar-refractivity contribution in [2.75, 3.05) is 13.6 Å². The molecule has 0 aliphatic carbocycles. The van der Waals surface area contributed by atoms with Crippen LogP contribution in [0, 0.1) is 5.92 Å². The Morgan fingerprint density at radius 2 is 2.12 bits per heavy atom. The largest absolute Gasteiger partial charge is 0.245 e. The van der Waals surface area contributed by atoms with E-state index in [0.717, 1.165) is 0 Å². The predicted octanol–water partition coefficient (Wildman–Crippen LogP) is 2.01. The molecule has 6 heteroatoms. The van der Waals surface area contributed by atoms with Crippen molar-refractivity contribution in [3.05, 3.63) is 23.5 Å². The van der Waals surface area contributed by atoms with Gasteiger partial charge in [-0.25, -0.2) is 17.7 Å². The van der Waals surface area contributed by atoms with Crippen LogP contribution in [0.25, 0.3) is 0 Å². The summed E-state index contributed by atoms with van der Waals surface area (Å²) < 4.78 is 25.5. The molecule has 0 aliphatic heterocycles. The van der Waals surface area contributed by atoms with Gasteiger partial charge in [-0.05, 0) is 18.1 Å². The van der Waals surface area contributed by atoms with Gasteiger partial charge in [0.1, 0.15) is 10.0 Å². The van der Waals surface area contributed by atoms with E-state index in [9.17, 15) is 8.42 Å². The number of hydrogen-bond acceptors (Lipinski definition) is 3. The Morgan fingerprint density at radius 3 is 2.62 bits per heavy atom. The second kappa shape index (κ2) is 5.12. The predicted molar refractivity (Wildman–Crippen MR) is 63.9 cm³/mol. The van der Waals surface area contributed by atoms with Gasteiger partial charge in [0.25, 0.3) is 0 Å². The van der Waals surface area contributed by atoms with Crippen LogP contribution in [0.15, 0.2) is 23.2 Å². The minimum absolute atomic E-state index is 0.0121. The molecule has 0 radical (unpaired) electrons. The Morgan fingerprint density at radius 1 is 1.50 bits per heavy atom. The normalized spacial score (nSPS) is 12.4. The van der Waals surface area contributed by atoms with Crippen LogP contribution in [0.5, 0.6) is 0 Å². The third kappa shape index (κ3) is 2.93. The first-order valence-corrected chi connectivity index (χ1v) is 6.74. The summed E-state index contributed by atoms with van der Waals surface area (Å²) in [5.41, 5.74) is 0. The van der Waals surface area contributed by atoms with Gasteiger partial charge in [0.05, 0.1) is 0 Å². The van der Waals surface area contributed by atoms with E-state index >= 15 is 0 Å². The van der Waals surface area contributed by atoms with E-state index in [1.54, 1.807) is 13.1 Å². The average molecular weight is 263 g/mol. The molecule has 0 unspecified atom stereocenters. The molecule has 0 N–H and O–H groups in total. The van der Waals surface area contributed by atoms with Gasteiger partial charge in [0.15, 0.2) is 0 Å². The molecule has 0 aliphatic rings. The van der Waals surface area contributed by atoms with Gasteiger partial charge in [-0.2, -0.15) is 0 Å². The van der Waals surface area contributed by atoms with Crippen LogP contribution < -0.4 is 0 Å². The van der Waals surface area contributed by atoms with Crippen molar-refractivity contribution < 1.29 is 8.42 Å². The summed E-state index contributed by atoms with van der Waals surface area (Å²) in [7, 11) is -1.99.